The molecule has 3 aliphatic carbocycles. The number of carbonyl (C=O) groups excluding carboxylic acids is 3. The highest BCUT2D eigenvalue weighted by molar-refractivity contribution is 5.94. The minimum Gasteiger partial charge on any atom is -0.469 e. The van der Waals surface area contributed by atoms with Gasteiger partial charge >= 0.3 is 11.9 Å². The van der Waals surface area contributed by atoms with E-state index >= 15 is 0 Å². The molecule has 3 rings (SSSR count). The highest BCUT2D eigenvalue weighted by atomic mass is 35.5. The molecule has 3 aliphatic rings. The summed E-state index contributed by atoms with van der Waals surface area (Å²) in [6.07, 6.45) is 1.55. The summed E-state index contributed by atoms with van der Waals surface area (Å²) in [5, 5.41) is 24.8. The zero-order valence-electron chi connectivity index (χ0n) is 20.1. The third-order valence-electron chi connectivity index (χ3n) is 8.59. The Hall–Kier alpha value is -1.48. The summed E-state index contributed by atoms with van der Waals surface area (Å²) in [6.45, 7) is 6.39. The number of rotatable bonds is 5. The van der Waals surface area contributed by atoms with Crippen LogP contribution in [0.4, 0.5) is 0 Å². The number of hydrogen-bond donors (Lipinski definition) is 3. The van der Waals surface area contributed by atoms with E-state index in [1.54, 1.807) is 14.0 Å². The summed E-state index contributed by atoms with van der Waals surface area (Å²) in [5.41, 5.74) is -1.08. The number of aliphatic hydroxyl groups is 2. The predicted molar refractivity (Wildman–Crippen MR) is 124 cm³/mol. The molecule has 188 valence electrons. The van der Waals surface area contributed by atoms with E-state index in [1.165, 1.54) is 13.2 Å². The number of fused-ring (bicyclic) bond motifs is 3. The van der Waals surface area contributed by atoms with Crippen molar-refractivity contribution in [3.8, 4) is 0 Å². The maximum absolute atomic E-state index is 13.6. The van der Waals surface area contributed by atoms with E-state index in [0.29, 0.717) is 32.2 Å². The van der Waals surface area contributed by atoms with Gasteiger partial charge in [-0.3, -0.25) is 9.59 Å². The van der Waals surface area contributed by atoms with Gasteiger partial charge in [0, 0.05) is 24.5 Å². The topological polar surface area (TPSA) is 122 Å². The first-order chi connectivity index (χ1) is 15.0. The predicted octanol–water partition coefficient (Wildman–Crippen LogP) is 1.66. The Morgan fingerprint density at radius 1 is 1.24 bits per heavy atom. The van der Waals surface area contributed by atoms with Crippen LogP contribution in [0.3, 0.4) is 0 Å². The van der Waals surface area contributed by atoms with Gasteiger partial charge in [-0.15, -0.1) is 12.4 Å². The van der Waals surface area contributed by atoms with E-state index in [2.05, 4.69) is 5.32 Å². The van der Waals surface area contributed by atoms with Crippen molar-refractivity contribution in [2.75, 3.05) is 27.3 Å². The van der Waals surface area contributed by atoms with E-state index in [1.807, 2.05) is 13.8 Å². The van der Waals surface area contributed by atoms with Crippen molar-refractivity contribution in [3.05, 3.63) is 11.6 Å². The number of halogens is 1. The van der Waals surface area contributed by atoms with Crippen molar-refractivity contribution in [1.29, 1.82) is 0 Å². The van der Waals surface area contributed by atoms with Gasteiger partial charge in [0.2, 0.25) is 0 Å². The van der Waals surface area contributed by atoms with Gasteiger partial charge in [-0.25, -0.2) is 4.79 Å². The van der Waals surface area contributed by atoms with Crippen LogP contribution in [0.25, 0.3) is 0 Å². The molecule has 0 unspecified atom stereocenters. The minimum absolute atomic E-state index is 0. The van der Waals surface area contributed by atoms with Gasteiger partial charge in [0.15, 0.2) is 5.78 Å². The van der Waals surface area contributed by atoms with Crippen molar-refractivity contribution < 1.29 is 34.1 Å². The Balaban J connectivity index is 0.00000385. The molecular formula is C24H38ClNO7. The van der Waals surface area contributed by atoms with Crippen LogP contribution in [0.1, 0.15) is 46.5 Å². The average molecular weight is 488 g/mol. The third-order valence-corrected chi connectivity index (χ3v) is 8.59. The van der Waals surface area contributed by atoms with Gasteiger partial charge in [-0.05, 0) is 56.9 Å². The minimum atomic E-state index is -1.40. The second-order valence-electron chi connectivity index (χ2n) is 10.1. The lowest BCUT2D eigenvalue weighted by molar-refractivity contribution is -0.209. The number of ketones is 1. The van der Waals surface area contributed by atoms with Crippen LogP contribution in [0.5, 0.6) is 0 Å². The number of methoxy groups -OCH3 is 1. The van der Waals surface area contributed by atoms with Crippen LogP contribution in [-0.2, 0) is 23.9 Å². The van der Waals surface area contributed by atoms with Crippen molar-refractivity contribution in [1.82, 2.24) is 5.32 Å². The number of hydrogen-bond acceptors (Lipinski definition) is 8. The van der Waals surface area contributed by atoms with Crippen LogP contribution in [0, 0.1) is 34.5 Å². The van der Waals surface area contributed by atoms with E-state index in [9.17, 15) is 24.6 Å². The monoisotopic (exact) mass is 487 g/mol. The molecule has 0 aliphatic heterocycles. The van der Waals surface area contributed by atoms with Crippen LogP contribution in [0.15, 0.2) is 11.6 Å². The summed E-state index contributed by atoms with van der Waals surface area (Å²) < 4.78 is 10.2. The van der Waals surface area contributed by atoms with Gasteiger partial charge in [0.1, 0.15) is 18.1 Å². The molecule has 3 fully saturated rings. The zero-order valence-corrected chi connectivity index (χ0v) is 20.9. The largest absolute Gasteiger partial charge is 0.469 e. The summed E-state index contributed by atoms with van der Waals surface area (Å²) in [6, 6.07) is 0. The number of nitrogens with one attached hydrogen (secondary N) is 1. The molecule has 0 spiro atoms. The van der Waals surface area contributed by atoms with Crippen LogP contribution >= 0.6 is 12.4 Å². The first-order valence-electron chi connectivity index (χ1n) is 11.5. The second kappa shape index (κ2) is 10.4. The average Bonchev–Trinajstić information content (AvgIpc) is 2.76. The number of aliphatic hydroxyl groups excluding tert-OH is 2. The molecule has 9 heteroatoms. The summed E-state index contributed by atoms with van der Waals surface area (Å²) in [7, 11) is 3.04. The van der Waals surface area contributed by atoms with Crippen LogP contribution in [-0.4, -0.2) is 67.5 Å². The fourth-order valence-electron chi connectivity index (χ4n) is 6.87. The van der Waals surface area contributed by atoms with E-state index in [-0.39, 0.29) is 36.8 Å². The summed E-state index contributed by atoms with van der Waals surface area (Å²) in [5.74, 6) is -2.83. The second-order valence-corrected chi connectivity index (χ2v) is 10.1. The number of Topliss-reactive ketones (excluding diaryl/α,β-unsaturated/α-hetero) is 1. The molecule has 0 aromatic heterocycles. The number of ether oxygens (including phenoxy) is 2. The Morgan fingerprint density at radius 2 is 1.91 bits per heavy atom. The van der Waals surface area contributed by atoms with E-state index < -0.39 is 46.7 Å². The van der Waals surface area contributed by atoms with Crippen molar-refractivity contribution in [2.24, 2.45) is 34.5 Å². The van der Waals surface area contributed by atoms with Crippen molar-refractivity contribution in [2.45, 2.75) is 58.7 Å². The molecule has 33 heavy (non-hydrogen) atoms. The zero-order chi connectivity index (χ0) is 23.8. The van der Waals surface area contributed by atoms with Gasteiger partial charge in [-0.2, -0.15) is 0 Å². The molecule has 0 aromatic carbocycles. The van der Waals surface area contributed by atoms with Crippen LogP contribution in [0.2, 0.25) is 0 Å². The number of likely N-dealkylation sites (N-methyl/N-ethyl adjacent to an activating group) is 1. The smallest absolute Gasteiger partial charge is 0.330 e. The van der Waals surface area contributed by atoms with Crippen molar-refractivity contribution >= 4 is 30.1 Å². The standard InChI is InChI=1S/C24H37NO7.ClH/c1-13-14(12-17(27)32-11-10-25-4)6-7-15-18(13)19(28)20(29)21-23(15,2)9-8-16(26)24(21,3)22(30)31-5;/h12-13,15-16,18-19,21,25-26,28H,6-11H2,1-5H3;1H/b14-12+;/t13-,15-,16-,18-,19+,21+,23+,24-;/m0./s1. The lowest BCUT2D eigenvalue weighted by Crippen LogP contribution is -2.68. The van der Waals surface area contributed by atoms with E-state index in [0.717, 1.165) is 5.57 Å². The Labute approximate surface area is 201 Å². The maximum atomic E-state index is 13.6. The first-order valence-corrected chi connectivity index (χ1v) is 11.5. The molecule has 3 N–H and O–H groups in total. The quantitative estimate of drug-likeness (QED) is 0.304. The van der Waals surface area contributed by atoms with Crippen LogP contribution < -0.4 is 5.32 Å². The highest BCUT2D eigenvalue weighted by Crippen LogP contribution is 2.64. The SMILES string of the molecule is CNCCOC(=O)/C=C1\CC[C@H]2[C@@H]([C@@H](O)C(=O)[C@@H]3[C@]2(C)CC[C@H](O)[C@]3(C)C(=O)OC)[C@H]1C.Cl. The summed E-state index contributed by atoms with van der Waals surface area (Å²) >= 11 is 0. The number of allylic oxidation sites excluding steroid dienone is 1. The lowest BCUT2D eigenvalue weighted by Gasteiger charge is -2.62. The molecule has 8 atom stereocenters. The first kappa shape index (κ1) is 27.8. The lowest BCUT2D eigenvalue weighted by atomic mass is 9.41. The molecule has 0 amide bonds. The number of esters is 2. The molecule has 8 nitrogen and oxygen atoms in total. The normalized spacial score (nSPS) is 41.4. The summed E-state index contributed by atoms with van der Waals surface area (Å²) in [4.78, 5) is 38.6. The van der Waals surface area contributed by atoms with Gasteiger partial charge in [0.05, 0.1) is 13.2 Å². The molecular weight excluding hydrogens is 450 g/mol. The van der Waals surface area contributed by atoms with Gasteiger partial charge in [0.25, 0.3) is 0 Å². The highest BCUT2D eigenvalue weighted by Gasteiger charge is 2.68. The third kappa shape index (κ3) is 4.47. The molecule has 0 radical (unpaired) electrons. The van der Waals surface area contributed by atoms with Gasteiger partial charge in [-0.1, -0.05) is 19.4 Å². The number of carbonyl (C=O) groups is 3. The molecule has 0 saturated heterocycles. The molecule has 0 aromatic rings. The Morgan fingerprint density at radius 3 is 2.52 bits per heavy atom. The fraction of sp³-hybridized carbons (Fsp3) is 0.792. The molecule has 3 saturated carbocycles. The molecule has 0 bridgehead atoms. The van der Waals surface area contributed by atoms with Gasteiger partial charge < -0.3 is 25.0 Å². The van der Waals surface area contributed by atoms with E-state index in [4.69, 9.17) is 9.47 Å². The Bertz CT molecular complexity index is 802. The molecule has 0 heterocycles. The Kier molecular flexibility index (Phi) is 8.77. The van der Waals surface area contributed by atoms with Crippen molar-refractivity contribution in [3.63, 3.8) is 0 Å². The maximum Gasteiger partial charge on any atom is 0.330 e. The fourth-order valence-corrected chi connectivity index (χ4v) is 6.87.